The second-order valence-electron chi connectivity index (χ2n) is 6.93. The summed E-state index contributed by atoms with van der Waals surface area (Å²) in [6.45, 7) is 0.596. The Hall–Kier alpha value is -3.48. The zero-order valence-electron chi connectivity index (χ0n) is 16.2. The molecule has 1 amide bonds. The molecular formula is C23H18Cl2N4O2. The molecule has 1 heterocycles. The van der Waals surface area contributed by atoms with Crippen LogP contribution in [0.3, 0.4) is 0 Å². The summed E-state index contributed by atoms with van der Waals surface area (Å²) in [4.78, 5) is 12.2. The van der Waals surface area contributed by atoms with Gasteiger partial charge in [0.25, 0.3) is 5.91 Å². The van der Waals surface area contributed by atoms with Crippen molar-refractivity contribution in [3.05, 3.63) is 93.6 Å². The molecule has 0 atom stereocenters. The number of amides is 1. The molecule has 0 aliphatic carbocycles. The second-order valence-corrected chi connectivity index (χ2v) is 7.78. The molecule has 6 nitrogen and oxygen atoms in total. The van der Waals surface area contributed by atoms with Crippen molar-refractivity contribution in [2.45, 2.75) is 6.54 Å². The van der Waals surface area contributed by atoms with E-state index in [0.29, 0.717) is 22.2 Å². The first-order valence-corrected chi connectivity index (χ1v) is 10.1. The summed E-state index contributed by atoms with van der Waals surface area (Å²) in [5.41, 5.74) is 11.4. The maximum atomic E-state index is 12.2. The van der Waals surface area contributed by atoms with Crippen molar-refractivity contribution in [1.29, 1.82) is 0 Å². The third-order valence-corrected chi connectivity index (χ3v) is 5.45. The Morgan fingerprint density at radius 3 is 2.74 bits per heavy atom. The maximum Gasteiger partial charge on any atom is 0.271 e. The number of hydrogen-bond donors (Lipinski definition) is 3. The van der Waals surface area contributed by atoms with Crippen molar-refractivity contribution in [3.8, 4) is 5.75 Å². The molecule has 0 radical (unpaired) electrons. The summed E-state index contributed by atoms with van der Waals surface area (Å²) in [6.07, 6.45) is 3.56. The first-order valence-electron chi connectivity index (χ1n) is 9.36. The summed E-state index contributed by atoms with van der Waals surface area (Å²) in [6, 6.07) is 17.5. The highest BCUT2D eigenvalue weighted by Crippen LogP contribution is 2.25. The molecule has 0 aliphatic heterocycles. The van der Waals surface area contributed by atoms with Gasteiger partial charge in [0.1, 0.15) is 5.75 Å². The molecule has 8 heteroatoms. The molecule has 0 fully saturated rings. The predicted molar refractivity (Wildman–Crippen MR) is 125 cm³/mol. The van der Waals surface area contributed by atoms with E-state index in [1.165, 1.54) is 18.2 Å². The van der Waals surface area contributed by atoms with Gasteiger partial charge in [-0.25, -0.2) is 5.43 Å². The highest BCUT2D eigenvalue weighted by Gasteiger charge is 2.09. The number of nitrogens with zero attached hydrogens (tertiary/aromatic N) is 2. The number of carbonyl (C=O) groups is 1. The van der Waals surface area contributed by atoms with E-state index in [-0.39, 0.29) is 11.4 Å². The van der Waals surface area contributed by atoms with Gasteiger partial charge in [0.15, 0.2) is 0 Å². The monoisotopic (exact) mass is 452 g/mol. The molecule has 4 N–H and O–H groups in total. The lowest BCUT2D eigenvalue weighted by Crippen LogP contribution is -2.17. The van der Waals surface area contributed by atoms with Crippen molar-refractivity contribution in [2.75, 3.05) is 5.73 Å². The highest BCUT2D eigenvalue weighted by atomic mass is 35.5. The fourth-order valence-electron chi connectivity index (χ4n) is 3.25. The minimum Gasteiger partial charge on any atom is -0.506 e. The van der Waals surface area contributed by atoms with Crippen molar-refractivity contribution >= 4 is 51.9 Å². The number of aromatic nitrogens is 1. The number of hydrogen-bond acceptors (Lipinski definition) is 4. The molecule has 0 saturated carbocycles. The van der Waals surface area contributed by atoms with Gasteiger partial charge in [0.2, 0.25) is 0 Å². The van der Waals surface area contributed by atoms with Crippen LogP contribution in [-0.4, -0.2) is 21.8 Å². The summed E-state index contributed by atoms with van der Waals surface area (Å²) >= 11 is 12.3. The summed E-state index contributed by atoms with van der Waals surface area (Å²) < 4.78 is 2.08. The lowest BCUT2D eigenvalue weighted by Gasteiger charge is -2.08. The van der Waals surface area contributed by atoms with Crippen molar-refractivity contribution in [1.82, 2.24) is 9.99 Å². The number of aromatic hydroxyl groups is 1. The van der Waals surface area contributed by atoms with Gasteiger partial charge < -0.3 is 15.4 Å². The van der Waals surface area contributed by atoms with Crippen molar-refractivity contribution in [3.63, 3.8) is 0 Å². The largest absolute Gasteiger partial charge is 0.506 e. The molecular weight excluding hydrogens is 435 g/mol. The third-order valence-electron chi connectivity index (χ3n) is 4.86. The van der Waals surface area contributed by atoms with Crippen molar-refractivity contribution < 1.29 is 9.90 Å². The Bertz CT molecular complexity index is 1310. The SMILES string of the molecule is Nc1cc(C(=O)N/N=C/c2cccc3c2ccn3Cc2ccc(Cl)cc2Cl)ccc1O. The normalized spacial score (nSPS) is 11.3. The number of benzene rings is 3. The molecule has 31 heavy (non-hydrogen) atoms. The van der Waals surface area contributed by atoms with E-state index in [9.17, 15) is 9.90 Å². The average Bonchev–Trinajstić information content (AvgIpc) is 3.16. The van der Waals surface area contributed by atoms with Gasteiger partial charge in [-0.05, 0) is 48.0 Å². The lowest BCUT2D eigenvalue weighted by atomic mass is 10.1. The van der Waals surface area contributed by atoms with Crippen LogP contribution >= 0.6 is 23.2 Å². The zero-order valence-corrected chi connectivity index (χ0v) is 17.7. The van der Waals surface area contributed by atoms with E-state index < -0.39 is 5.91 Å². The Morgan fingerprint density at radius 2 is 1.97 bits per heavy atom. The maximum absolute atomic E-state index is 12.2. The van der Waals surface area contributed by atoms with Crippen LogP contribution < -0.4 is 11.2 Å². The standard InChI is InChI=1S/C23H18Cl2N4O2/c24-17-6-4-16(19(25)11-17)13-29-9-8-18-15(2-1-3-21(18)29)12-27-28-23(31)14-5-7-22(30)20(26)10-14/h1-12,30H,13,26H2,(H,28,31)/b27-12+. The summed E-state index contributed by atoms with van der Waals surface area (Å²) in [7, 11) is 0. The first-order chi connectivity index (χ1) is 14.9. The van der Waals surface area contributed by atoms with Crippen LogP contribution in [0.5, 0.6) is 5.75 Å². The lowest BCUT2D eigenvalue weighted by molar-refractivity contribution is 0.0955. The first kappa shape index (κ1) is 20.8. The number of nitrogens with one attached hydrogen (secondary N) is 1. The predicted octanol–water partition coefficient (Wildman–Crippen LogP) is 5.05. The van der Waals surface area contributed by atoms with Crippen LogP contribution in [0.1, 0.15) is 21.5 Å². The zero-order chi connectivity index (χ0) is 22.0. The van der Waals surface area contributed by atoms with Crippen LogP contribution in [0, 0.1) is 0 Å². The van der Waals surface area contributed by atoms with Crippen LogP contribution in [0.25, 0.3) is 10.9 Å². The molecule has 0 aliphatic rings. The number of nitrogens with two attached hydrogens (primary N) is 1. The van der Waals surface area contributed by atoms with E-state index >= 15 is 0 Å². The molecule has 4 aromatic rings. The van der Waals surface area contributed by atoms with Crippen LogP contribution in [-0.2, 0) is 6.54 Å². The van der Waals surface area contributed by atoms with Gasteiger partial charge in [-0.3, -0.25) is 4.79 Å². The number of halogens is 2. The smallest absolute Gasteiger partial charge is 0.271 e. The Morgan fingerprint density at radius 1 is 1.13 bits per heavy atom. The number of fused-ring (bicyclic) bond motifs is 1. The number of hydrazone groups is 1. The van der Waals surface area contributed by atoms with Gasteiger partial charge in [-0.1, -0.05) is 41.4 Å². The van der Waals surface area contributed by atoms with Gasteiger partial charge in [-0.2, -0.15) is 5.10 Å². The van der Waals surface area contributed by atoms with Gasteiger partial charge in [0, 0.05) is 44.8 Å². The molecule has 3 aromatic carbocycles. The topological polar surface area (TPSA) is 92.6 Å². The number of carbonyl (C=O) groups excluding carboxylic acids is 1. The minimum atomic E-state index is -0.426. The van der Waals surface area contributed by atoms with Crippen LogP contribution in [0.15, 0.2) is 72.0 Å². The molecule has 1 aromatic heterocycles. The summed E-state index contributed by atoms with van der Waals surface area (Å²) in [5, 5.41) is 15.7. The van der Waals surface area contributed by atoms with Gasteiger partial charge in [0.05, 0.1) is 11.9 Å². The van der Waals surface area contributed by atoms with E-state index in [1.807, 2.05) is 42.6 Å². The Balaban J connectivity index is 1.53. The van der Waals surface area contributed by atoms with E-state index in [0.717, 1.165) is 22.0 Å². The Labute approximate surface area is 188 Å². The fourth-order valence-corrected chi connectivity index (χ4v) is 3.72. The number of nitrogen functional groups attached to an aromatic ring is 1. The molecule has 0 spiro atoms. The molecule has 0 bridgehead atoms. The molecule has 4 rings (SSSR count). The number of phenolic OH excluding ortho intramolecular Hbond substituents is 1. The molecule has 156 valence electrons. The van der Waals surface area contributed by atoms with Gasteiger partial charge in [-0.15, -0.1) is 0 Å². The van der Waals surface area contributed by atoms with Gasteiger partial charge >= 0.3 is 0 Å². The van der Waals surface area contributed by atoms with E-state index in [1.54, 1.807) is 12.3 Å². The molecule has 0 saturated heterocycles. The number of rotatable bonds is 5. The highest BCUT2D eigenvalue weighted by molar-refractivity contribution is 6.35. The minimum absolute atomic E-state index is 0.0730. The summed E-state index contributed by atoms with van der Waals surface area (Å²) in [5.74, 6) is -0.499. The third kappa shape index (κ3) is 4.50. The van der Waals surface area contributed by atoms with Crippen LogP contribution in [0.4, 0.5) is 5.69 Å². The quantitative estimate of drug-likeness (QED) is 0.171. The van der Waals surface area contributed by atoms with E-state index in [4.69, 9.17) is 28.9 Å². The van der Waals surface area contributed by atoms with Crippen molar-refractivity contribution in [2.24, 2.45) is 5.10 Å². The number of anilines is 1. The molecule has 0 unspecified atom stereocenters. The average molecular weight is 453 g/mol. The number of phenols is 1. The van der Waals surface area contributed by atoms with E-state index in [2.05, 4.69) is 15.1 Å². The fraction of sp³-hybridized carbons (Fsp3) is 0.0435. The Kier molecular flexibility index (Phi) is 5.84. The second kappa shape index (κ2) is 8.71. The van der Waals surface area contributed by atoms with Crippen LogP contribution in [0.2, 0.25) is 10.0 Å².